The molecule has 6 nitrogen and oxygen atoms in total. The molecule has 0 saturated carbocycles. The van der Waals surface area contributed by atoms with Crippen LogP contribution in [0.5, 0.6) is 0 Å². The summed E-state index contributed by atoms with van der Waals surface area (Å²) in [5.74, 6) is 1.57. The van der Waals surface area contributed by atoms with Crippen LogP contribution in [0.15, 0.2) is 53.1 Å². The maximum absolute atomic E-state index is 5.35. The van der Waals surface area contributed by atoms with Crippen molar-refractivity contribution in [2.75, 3.05) is 6.54 Å². The molecule has 0 spiro atoms. The Kier molecular flexibility index (Phi) is 4.07. The second-order valence-corrected chi connectivity index (χ2v) is 4.77. The highest BCUT2D eigenvalue weighted by atomic mass is 16.3. The van der Waals surface area contributed by atoms with E-state index in [1.807, 2.05) is 42.5 Å². The number of nitrogens with zero attached hydrogens (tertiary/aromatic N) is 4. The molecule has 0 bridgehead atoms. The smallest absolute Gasteiger partial charge is 0.204 e. The normalized spacial score (nSPS) is 12.4. The summed E-state index contributed by atoms with van der Waals surface area (Å²) in [4.78, 5) is 1.60. The lowest BCUT2D eigenvalue weighted by molar-refractivity contribution is 0.408. The number of hydrogen-bond donors (Lipinski definition) is 1. The molecule has 2 aromatic heterocycles. The van der Waals surface area contributed by atoms with E-state index in [2.05, 4.69) is 27.7 Å². The maximum Gasteiger partial charge on any atom is 0.204 e. The number of furan rings is 1. The van der Waals surface area contributed by atoms with Crippen LogP contribution in [0.4, 0.5) is 0 Å². The van der Waals surface area contributed by atoms with Crippen LogP contribution in [0.1, 0.15) is 18.7 Å². The van der Waals surface area contributed by atoms with Crippen LogP contribution in [0.25, 0.3) is 11.4 Å². The summed E-state index contributed by atoms with van der Waals surface area (Å²) in [7, 11) is 0. The predicted octanol–water partition coefficient (Wildman–Crippen LogP) is 2.28. The van der Waals surface area contributed by atoms with Crippen LogP contribution in [-0.4, -0.2) is 26.8 Å². The van der Waals surface area contributed by atoms with E-state index in [1.165, 1.54) is 0 Å². The molecule has 1 aromatic carbocycles. The van der Waals surface area contributed by atoms with Crippen LogP contribution in [0.3, 0.4) is 0 Å². The number of hydrogen-bond acceptors (Lipinski definition) is 5. The minimum Gasteiger partial charge on any atom is -0.468 e. The van der Waals surface area contributed by atoms with E-state index in [-0.39, 0.29) is 6.04 Å². The summed E-state index contributed by atoms with van der Waals surface area (Å²) in [5, 5.41) is 15.9. The topological polar surface area (TPSA) is 68.8 Å². The van der Waals surface area contributed by atoms with E-state index in [0.717, 1.165) is 17.9 Å². The van der Waals surface area contributed by atoms with Gasteiger partial charge >= 0.3 is 0 Å². The minimum atomic E-state index is 0.164. The van der Waals surface area contributed by atoms with E-state index < -0.39 is 0 Å². The molecule has 0 saturated heterocycles. The average Bonchev–Trinajstić information content (AvgIpc) is 3.20. The van der Waals surface area contributed by atoms with Gasteiger partial charge < -0.3 is 9.73 Å². The van der Waals surface area contributed by atoms with Crippen molar-refractivity contribution in [2.24, 2.45) is 0 Å². The number of aromatic nitrogens is 4. The molecular formula is C15H17N5O. The highest BCUT2D eigenvalue weighted by Gasteiger charge is 2.08. The first-order chi connectivity index (χ1) is 10.3. The Hall–Kier alpha value is -2.47. The third-order valence-corrected chi connectivity index (χ3v) is 3.22. The Morgan fingerprint density at radius 3 is 2.81 bits per heavy atom. The van der Waals surface area contributed by atoms with Gasteiger partial charge in [0, 0.05) is 12.1 Å². The van der Waals surface area contributed by atoms with E-state index in [1.54, 1.807) is 11.1 Å². The SMILES string of the molecule is CC(NCCn1nnc(-c2ccccc2)n1)c1ccco1. The maximum atomic E-state index is 5.35. The van der Waals surface area contributed by atoms with Gasteiger partial charge in [-0.3, -0.25) is 0 Å². The third kappa shape index (κ3) is 3.35. The van der Waals surface area contributed by atoms with Gasteiger partial charge in [-0.2, -0.15) is 4.80 Å². The fourth-order valence-electron chi connectivity index (χ4n) is 2.06. The zero-order valence-electron chi connectivity index (χ0n) is 11.8. The van der Waals surface area contributed by atoms with Crippen molar-refractivity contribution in [1.82, 2.24) is 25.5 Å². The van der Waals surface area contributed by atoms with E-state index in [9.17, 15) is 0 Å². The molecule has 108 valence electrons. The number of rotatable bonds is 6. The van der Waals surface area contributed by atoms with Crippen molar-refractivity contribution in [2.45, 2.75) is 19.5 Å². The molecule has 1 atom stereocenters. The standard InChI is InChI=1S/C15H17N5O/c1-12(14-8-5-11-21-14)16-9-10-20-18-15(17-19-20)13-6-3-2-4-7-13/h2-8,11-12,16H,9-10H2,1H3. The summed E-state index contributed by atoms with van der Waals surface area (Å²) in [6.07, 6.45) is 1.68. The molecule has 3 rings (SSSR count). The van der Waals surface area contributed by atoms with Gasteiger partial charge in [0.15, 0.2) is 0 Å². The molecule has 0 amide bonds. The van der Waals surface area contributed by atoms with Gasteiger partial charge in [-0.05, 0) is 24.3 Å². The first kappa shape index (κ1) is 13.5. The summed E-state index contributed by atoms with van der Waals surface area (Å²) in [5.41, 5.74) is 0.973. The Labute approximate surface area is 122 Å². The molecule has 0 aliphatic rings. The van der Waals surface area contributed by atoms with E-state index >= 15 is 0 Å². The summed E-state index contributed by atoms with van der Waals surface area (Å²) in [6.45, 7) is 3.46. The summed E-state index contributed by atoms with van der Waals surface area (Å²) >= 11 is 0. The molecule has 1 unspecified atom stereocenters. The fraction of sp³-hybridized carbons (Fsp3) is 0.267. The minimum absolute atomic E-state index is 0.164. The zero-order valence-corrected chi connectivity index (χ0v) is 11.8. The highest BCUT2D eigenvalue weighted by molar-refractivity contribution is 5.52. The number of benzene rings is 1. The molecular weight excluding hydrogens is 266 g/mol. The molecule has 1 N–H and O–H groups in total. The Morgan fingerprint density at radius 2 is 2.05 bits per heavy atom. The van der Waals surface area contributed by atoms with Crippen LogP contribution < -0.4 is 5.32 Å². The van der Waals surface area contributed by atoms with Gasteiger partial charge in [-0.1, -0.05) is 30.3 Å². The molecule has 6 heteroatoms. The Bertz CT molecular complexity index is 662. The summed E-state index contributed by atoms with van der Waals surface area (Å²) in [6, 6.07) is 13.8. The van der Waals surface area contributed by atoms with Gasteiger partial charge in [0.1, 0.15) is 5.76 Å². The van der Waals surface area contributed by atoms with Gasteiger partial charge in [0.05, 0.1) is 18.8 Å². The Balaban J connectivity index is 1.54. The molecule has 2 heterocycles. The first-order valence-electron chi connectivity index (χ1n) is 6.93. The van der Waals surface area contributed by atoms with E-state index in [0.29, 0.717) is 12.4 Å². The largest absolute Gasteiger partial charge is 0.468 e. The number of nitrogens with one attached hydrogen (secondary N) is 1. The van der Waals surface area contributed by atoms with Gasteiger partial charge in [0.25, 0.3) is 0 Å². The second kappa shape index (κ2) is 6.32. The molecule has 0 fully saturated rings. The lowest BCUT2D eigenvalue weighted by atomic mass is 10.2. The summed E-state index contributed by atoms with van der Waals surface area (Å²) < 4.78 is 5.35. The van der Waals surface area contributed by atoms with Crippen molar-refractivity contribution in [3.63, 3.8) is 0 Å². The zero-order chi connectivity index (χ0) is 14.5. The molecule has 0 aliphatic heterocycles. The van der Waals surface area contributed by atoms with Crippen LogP contribution in [0, 0.1) is 0 Å². The van der Waals surface area contributed by atoms with Crippen molar-refractivity contribution in [1.29, 1.82) is 0 Å². The van der Waals surface area contributed by atoms with Crippen LogP contribution in [-0.2, 0) is 6.54 Å². The van der Waals surface area contributed by atoms with Gasteiger partial charge in [-0.15, -0.1) is 10.2 Å². The quantitative estimate of drug-likeness (QED) is 0.751. The van der Waals surface area contributed by atoms with Gasteiger partial charge in [0.2, 0.25) is 5.82 Å². The van der Waals surface area contributed by atoms with Crippen molar-refractivity contribution in [3.8, 4) is 11.4 Å². The van der Waals surface area contributed by atoms with Gasteiger partial charge in [-0.25, -0.2) is 0 Å². The molecule has 0 radical (unpaired) electrons. The van der Waals surface area contributed by atoms with Crippen LogP contribution in [0.2, 0.25) is 0 Å². The van der Waals surface area contributed by atoms with Crippen molar-refractivity contribution in [3.05, 3.63) is 54.5 Å². The first-order valence-corrected chi connectivity index (χ1v) is 6.93. The molecule has 21 heavy (non-hydrogen) atoms. The second-order valence-electron chi connectivity index (χ2n) is 4.77. The van der Waals surface area contributed by atoms with Crippen molar-refractivity contribution >= 4 is 0 Å². The lowest BCUT2D eigenvalue weighted by Crippen LogP contribution is -2.24. The Morgan fingerprint density at radius 1 is 1.19 bits per heavy atom. The number of tetrazole rings is 1. The molecule has 0 aliphatic carbocycles. The predicted molar refractivity (Wildman–Crippen MR) is 78.4 cm³/mol. The lowest BCUT2D eigenvalue weighted by Gasteiger charge is -2.10. The van der Waals surface area contributed by atoms with Crippen molar-refractivity contribution < 1.29 is 4.42 Å². The molecule has 3 aromatic rings. The average molecular weight is 283 g/mol. The van der Waals surface area contributed by atoms with Crippen LogP contribution >= 0.6 is 0 Å². The highest BCUT2D eigenvalue weighted by Crippen LogP contribution is 2.12. The fourth-order valence-corrected chi connectivity index (χ4v) is 2.06. The van der Waals surface area contributed by atoms with E-state index in [4.69, 9.17) is 4.42 Å². The third-order valence-electron chi connectivity index (χ3n) is 3.22. The monoisotopic (exact) mass is 283 g/mol.